The topological polar surface area (TPSA) is 34.2 Å². The molecule has 1 aromatic rings. The van der Waals surface area contributed by atoms with Gasteiger partial charge in [0.1, 0.15) is 0 Å². The fraction of sp³-hybridized carbons (Fsp3) is 0.800. The Kier molecular flexibility index (Phi) is 4.64. The molecule has 1 aromatic heterocycles. The molecule has 0 amide bonds. The standard InChI is InChI=1S/C15H26N2OS/c1-14(2,3)13-17-10-12(19-13)9-16-11-15(4)5-7-18-8-6-15/h10,16H,5-9,11H2,1-4H3. The Hall–Kier alpha value is -0.450. The van der Waals surface area contributed by atoms with Crippen LogP contribution in [0.5, 0.6) is 0 Å². The van der Waals surface area contributed by atoms with E-state index in [0.29, 0.717) is 5.41 Å². The SMILES string of the molecule is CC1(CNCc2cnc(C(C)(C)C)s2)CCOCC1. The van der Waals surface area contributed by atoms with E-state index in [4.69, 9.17) is 4.74 Å². The molecule has 0 radical (unpaired) electrons. The number of hydrogen-bond donors (Lipinski definition) is 1. The molecule has 0 aliphatic carbocycles. The highest BCUT2D eigenvalue weighted by molar-refractivity contribution is 7.11. The van der Waals surface area contributed by atoms with E-state index < -0.39 is 0 Å². The van der Waals surface area contributed by atoms with Gasteiger partial charge in [-0.2, -0.15) is 0 Å². The average molecular weight is 282 g/mol. The summed E-state index contributed by atoms with van der Waals surface area (Å²) in [7, 11) is 0. The molecule has 0 atom stereocenters. The Morgan fingerprint density at radius 3 is 2.63 bits per heavy atom. The number of ether oxygens (including phenoxy) is 1. The molecule has 0 bridgehead atoms. The van der Waals surface area contributed by atoms with Gasteiger partial charge < -0.3 is 10.1 Å². The maximum Gasteiger partial charge on any atom is 0.0981 e. The summed E-state index contributed by atoms with van der Waals surface area (Å²) >= 11 is 1.83. The van der Waals surface area contributed by atoms with Crippen molar-refractivity contribution in [1.29, 1.82) is 0 Å². The Labute approximate surface area is 120 Å². The second kappa shape index (κ2) is 5.90. The van der Waals surface area contributed by atoms with E-state index >= 15 is 0 Å². The second-order valence-electron chi connectivity index (χ2n) is 6.91. The Morgan fingerprint density at radius 2 is 2.05 bits per heavy atom. The highest BCUT2D eigenvalue weighted by Crippen LogP contribution is 2.29. The first-order chi connectivity index (χ1) is 8.89. The zero-order valence-electron chi connectivity index (χ0n) is 12.6. The molecule has 2 rings (SSSR count). The van der Waals surface area contributed by atoms with E-state index in [1.807, 2.05) is 17.5 Å². The molecule has 2 heterocycles. The Balaban J connectivity index is 1.81. The minimum Gasteiger partial charge on any atom is -0.381 e. The first-order valence-corrected chi connectivity index (χ1v) is 7.94. The van der Waals surface area contributed by atoms with Crippen LogP contribution in [0, 0.1) is 5.41 Å². The van der Waals surface area contributed by atoms with Crippen molar-refractivity contribution >= 4 is 11.3 Å². The van der Waals surface area contributed by atoms with Crippen LogP contribution in [-0.4, -0.2) is 24.7 Å². The van der Waals surface area contributed by atoms with Crippen molar-refractivity contribution in [3.63, 3.8) is 0 Å². The summed E-state index contributed by atoms with van der Waals surface area (Å²) in [4.78, 5) is 5.86. The lowest BCUT2D eigenvalue weighted by atomic mass is 9.82. The number of rotatable bonds is 4. The molecule has 0 spiro atoms. The molecule has 108 valence electrons. The molecule has 1 fully saturated rings. The van der Waals surface area contributed by atoms with Crippen molar-refractivity contribution in [3.8, 4) is 0 Å². The van der Waals surface area contributed by atoms with Gasteiger partial charge in [-0.05, 0) is 18.3 Å². The largest absolute Gasteiger partial charge is 0.381 e. The van der Waals surface area contributed by atoms with Gasteiger partial charge in [-0.1, -0.05) is 27.7 Å². The van der Waals surface area contributed by atoms with E-state index in [1.165, 1.54) is 9.88 Å². The van der Waals surface area contributed by atoms with Gasteiger partial charge in [0, 0.05) is 42.8 Å². The molecule has 1 N–H and O–H groups in total. The maximum absolute atomic E-state index is 5.43. The first-order valence-electron chi connectivity index (χ1n) is 7.13. The van der Waals surface area contributed by atoms with Gasteiger partial charge in [-0.25, -0.2) is 4.98 Å². The molecular formula is C15H26N2OS. The van der Waals surface area contributed by atoms with Gasteiger partial charge in [0.05, 0.1) is 5.01 Å². The Bertz CT molecular complexity index is 403. The highest BCUT2D eigenvalue weighted by Gasteiger charge is 2.26. The van der Waals surface area contributed by atoms with Gasteiger partial charge in [0.15, 0.2) is 0 Å². The molecule has 0 unspecified atom stereocenters. The molecule has 1 saturated heterocycles. The van der Waals surface area contributed by atoms with E-state index in [-0.39, 0.29) is 5.41 Å². The van der Waals surface area contributed by atoms with Crippen molar-refractivity contribution in [2.24, 2.45) is 5.41 Å². The van der Waals surface area contributed by atoms with Gasteiger partial charge in [0.2, 0.25) is 0 Å². The zero-order chi connectivity index (χ0) is 13.9. The average Bonchev–Trinajstić information content (AvgIpc) is 2.78. The molecule has 0 saturated carbocycles. The van der Waals surface area contributed by atoms with Crippen LogP contribution in [0.3, 0.4) is 0 Å². The fourth-order valence-electron chi connectivity index (χ4n) is 2.26. The van der Waals surface area contributed by atoms with Crippen LogP contribution in [-0.2, 0) is 16.7 Å². The van der Waals surface area contributed by atoms with Gasteiger partial charge in [-0.3, -0.25) is 0 Å². The van der Waals surface area contributed by atoms with Crippen LogP contribution in [0.15, 0.2) is 6.20 Å². The highest BCUT2D eigenvalue weighted by atomic mass is 32.1. The second-order valence-corrected chi connectivity index (χ2v) is 8.02. The van der Waals surface area contributed by atoms with Crippen LogP contribution in [0.25, 0.3) is 0 Å². The molecule has 0 aromatic carbocycles. The van der Waals surface area contributed by atoms with Gasteiger partial charge >= 0.3 is 0 Å². The lowest BCUT2D eigenvalue weighted by Gasteiger charge is -2.33. The van der Waals surface area contributed by atoms with Crippen LogP contribution in [0.2, 0.25) is 0 Å². The van der Waals surface area contributed by atoms with Crippen molar-refractivity contribution in [2.45, 2.75) is 52.5 Å². The molecule has 19 heavy (non-hydrogen) atoms. The number of hydrogen-bond acceptors (Lipinski definition) is 4. The maximum atomic E-state index is 5.43. The summed E-state index contributed by atoms with van der Waals surface area (Å²) in [5.74, 6) is 0. The van der Waals surface area contributed by atoms with E-state index in [2.05, 4.69) is 38.0 Å². The predicted octanol–water partition coefficient (Wildman–Crippen LogP) is 3.35. The van der Waals surface area contributed by atoms with Crippen LogP contribution in [0.4, 0.5) is 0 Å². The first kappa shape index (κ1) is 14.9. The van der Waals surface area contributed by atoms with Crippen LogP contribution >= 0.6 is 11.3 Å². The molecule has 1 aliphatic heterocycles. The summed E-state index contributed by atoms with van der Waals surface area (Å²) in [5, 5.41) is 4.82. The number of aromatic nitrogens is 1. The number of nitrogens with one attached hydrogen (secondary N) is 1. The monoisotopic (exact) mass is 282 g/mol. The molecule has 4 heteroatoms. The van der Waals surface area contributed by atoms with Crippen LogP contribution < -0.4 is 5.32 Å². The van der Waals surface area contributed by atoms with Crippen molar-refractivity contribution in [2.75, 3.05) is 19.8 Å². The third-order valence-electron chi connectivity index (χ3n) is 3.75. The fourth-order valence-corrected chi connectivity index (χ4v) is 3.20. The number of nitrogens with zero attached hydrogens (tertiary/aromatic N) is 1. The third-order valence-corrected chi connectivity index (χ3v) is 5.17. The third kappa shape index (κ3) is 4.26. The summed E-state index contributed by atoms with van der Waals surface area (Å²) in [5.41, 5.74) is 0.561. The van der Waals surface area contributed by atoms with E-state index in [9.17, 15) is 0 Å². The zero-order valence-corrected chi connectivity index (χ0v) is 13.4. The lowest BCUT2D eigenvalue weighted by molar-refractivity contribution is 0.0240. The Morgan fingerprint density at radius 1 is 1.37 bits per heavy atom. The summed E-state index contributed by atoms with van der Waals surface area (Å²) < 4.78 is 5.43. The quantitative estimate of drug-likeness (QED) is 0.919. The van der Waals surface area contributed by atoms with E-state index in [0.717, 1.165) is 39.1 Å². The molecular weight excluding hydrogens is 256 g/mol. The van der Waals surface area contributed by atoms with Gasteiger partial charge in [-0.15, -0.1) is 11.3 Å². The van der Waals surface area contributed by atoms with E-state index in [1.54, 1.807) is 0 Å². The van der Waals surface area contributed by atoms with Gasteiger partial charge in [0.25, 0.3) is 0 Å². The predicted molar refractivity (Wildman–Crippen MR) is 80.7 cm³/mol. The van der Waals surface area contributed by atoms with Crippen molar-refractivity contribution in [1.82, 2.24) is 10.3 Å². The minimum atomic E-state index is 0.162. The smallest absolute Gasteiger partial charge is 0.0981 e. The lowest BCUT2D eigenvalue weighted by Crippen LogP contribution is -2.36. The number of thiazole rings is 1. The summed E-state index contributed by atoms with van der Waals surface area (Å²) in [6.07, 6.45) is 4.34. The normalized spacial score (nSPS) is 19.6. The minimum absolute atomic E-state index is 0.162. The molecule has 1 aliphatic rings. The molecule has 3 nitrogen and oxygen atoms in total. The van der Waals surface area contributed by atoms with Crippen molar-refractivity contribution in [3.05, 3.63) is 16.1 Å². The summed E-state index contributed by atoms with van der Waals surface area (Å²) in [6, 6.07) is 0. The summed E-state index contributed by atoms with van der Waals surface area (Å²) in [6.45, 7) is 12.8. The van der Waals surface area contributed by atoms with Crippen molar-refractivity contribution < 1.29 is 4.74 Å². The van der Waals surface area contributed by atoms with Crippen LogP contribution in [0.1, 0.15) is 50.4 Å².